The highest BCUT2D eigenvalue weighted by molar-refractivity contribution is 6.51. The molecule has 0 radical (unpaired) electrons. The number of para-hydroxylation sites is 2. The van der Waals surface area contributed by atoms with E-state index in [0.717, 1.165) is 0 Å². The molecule has 0 bridgehead atoms. The molecule has 0 saturated carbocycles. The van der Waals surface area contributed by atoms with Gasteiger partial charge in [0, 0.05) is 5.56 Å². The number of hydrogen-bond donors (Lipinski definition) is 2. The molecule has 1 amide bonds. The van der Waals surface area contributed by atoms with Crippen LogP contribution in [-0.4, -0.2) is 33.9 Å². The largest absolute Gasteiger partial charge is 0.507 e. The van der Waals surface area contributed by atoms with Gasteiger partial charge in [-0.3, -0.25) is 14.5 Å². The number of benzene rings is 2. The molecule has 10 heteroatoms. The van der Waals surface area contributed by atoms with Crippen LogP contribution in [0.25, 0.3) is 16.8 Å². The zero-order valence-corrected chi connectivity index (χ0v) is 18.5. The van der Waals surface area contributed by atoms with Crippen molar-refractivity contribution in [2.24, 2.45) is 0 Å². The second kappa shape index (κ2) is 7.99. The predicted octanol–water partition coefficient (Wildman–Crippen LogP) is 5.10. The number of nitrogens with one attached hydrogen (secondary N) is 1. The third-order valence-electron chi connectivity index (χ3n) is 5.34. The molecule has 4 aromatic rings. The van der Waals surface area contributed by atoms with Crippen LogP contribution >= 0.6 is 23.2 Å². The van der Waals surface area contributed by atoms with E-state index in [4.69, 9.17) is 32.4 Å². The number of halogens is 2. The van der Waals surface area contributed by atoms with Gasteiger partial charge in [-0.2, -0.15) is 0 Å². The number of carbonyl (C=O) groups excluding carboxylic acids is 2. The standard InChI is InChI=1S/C23H15Cl2N3O5/c1-32-21-12(24)9-11(10-13(21)25)19(29)17-18(16-7-4-8-33-16)28(22(31)20(17)30)23-26-14-5-2-3-6-15(14)27-23/h2-10,18,29H,1H3,(H,26,27)/b19-17+. The zero-order valence-electron chi connectivity index (χ0n) is 17.0. The Morgan fingerprint density at radius 2 is 1.88 bits per heavy atom. The molecule has 8 nitrogen and oxygen atoms in total. The van der Waals surface area contributed by atoms with E-state index in [-0.39, 0.29) is 38.6 Å². The number of ether oxygens (including phenoxy) is 1. The summed E-state index contributed by atoms with van der Waals surface area (Å²) >= 11 is 12.4. The highest BCUT2D eigenvalue weighted by Gasteiger charge is 2.49. The number of aromatic amines is 1. The van der Waals surface area contributed by atoms with Gasteiger partial charge in [0.25, 0.3) is 5.78 Å². The van der Waals surface area contributed by atoms with E-state index in [1.165, 1.54) is 30.4 Å². The molecule has 166 valence electrons. The van der Waals surface area contributed by atoms with Gasteiger partial charge in [-0.05, 0) is 36.4 Å². The van der Waals surface area contributed by atoms with Crippen LogP contribution in [-0.2, 0) is 9.59 Å². The molecule has 5 rings (SSSR count). The molecule has 1 saturated heterocycles. The van der Waals surface area contributed by atoms with E-state index >= 15 is 0 Å². The number of ketones is 1. The number of fused-ring (bicyclic) bond motifs is 1. The molecule has 33 heavy (non-hydrogen) atoms. The van der Waals surface area contributed by atoms with Gasteiger partial charge in [-0.25, -0.2) is 4.98 Å². The van der Waals surface area contributed by atoms with Crippen molar-refractivity contribution in [2.45, 2.75) is 6.04 Å². The minimum Gasteiger partial charge on any atom is -0.507 e. The fourth-order valence-corrected chi connectivity index (χ4v) is 4.51. The summed E-state index contributed by atoms with van der Waals surface area (Å²) in [5, 5.41) is 11.4. The van der Waals surface area contributed by atoms with Gasteiger partial charge in [0.2, 0.25) is 5.95 Å². The van der Waals surface area contributed by atoms with Gasteiger partial charge in [-0.15, -0.1) is 0 Å². The van der Waals surface area contributed by atoms with E-state index in [0.29, 0.717) is 11.0 Å². The molecule has 1 fully saturated rings. The van der Waals surface area contributed by atoms with Crippen LogP contribution in [0.3, 0.4) is 0 Å². The van der Waals surface area contributed by atoms with Crippen LogP contribution < -0.4 is 9.64 Å². The molecule has 2 N–H and O–H groups in total. The van der Waals surface area contributed by atoms with E-state index in [1.54, 1.807) is 24.3 Å². The number of methoxy groups -OCH3 is 1. The molecule has 1 unspecified atom stereocenters. The lowest BCUT2D eigenvalue weighted by molar-refractivity contribution is -0.132. The summed E-state index contributed by atoms with van der Waals surface area (Å²) in [7, 11) is 1.41. The Hall–Kier alpha value is -3.75. The third kappa shape index (κ3) is 3.35. The Kier molecular flexibility index (Phi) is 5.11. The zero-order chi connectivity index (χ0) is 23.3. The lowest BCUT2D eigenvalue weighted by atomic mass is 9.99. The number of carbonyl (C=O) groups is 2. The number of anilines is 1. The van der Waals surface area contributed by atoms with E-state index < -0.39 is 23.5 Å². The fraction of sp³-hybridized carbons (Fsp3) is 0.0870. The maximum Gasteiger partial charge on any atom is 0.302 e. The molecule has 0 spiro atoms. The maximum absolute atomic E-state index is 13.1. The quantitative estimate of drug-likeness (QED) is 0.237. The Labute approximate surface area is 197 Å². The minimum absolute atomic E-state index is 0.132. The minimum atomic E-state index is -1.07. The lowest BCUT2D eigenvalue weighted by Crippen LogP contribution is -2.30. The highest BCUT2D eigenvalue weighted by Crippen LogP contribution is 2.43. The van der Waals surface area contributed by atoms with Crippen molar-refractivity contribution < 1.29 is 23.8 Å². The van der Waals surface area contributed by atoms with Gasteiger partial charge < -0.3 is 19.2 Å². The molecule has 2 aromatic heterocycles. The summed E-state index contributed by atoms with van der Waals surface area (Å²) in [5.74, 6) is -1.61. The number of aromatic nitrogens is 2. The van der Waals surface area contributed by atoms with Crippen molar-refractivity contribution in [2.75, 3.05) is 12.0 Å². The molecular formula is C23H15Cl2N3O5. The number of imidazole rings is 1. The van der Waals surface area contributed by atoms with E-state index in [2.05, 4.69) is 9.97 Å². The summed E-state index contributed by atoms with van der Waals surface area (Å²) in [4.78, 5) is 34.9. The number of aliphatic hydroxyl groups excluding tert-OH is 1. The van der Waals surface area contributed by atoms with Crippen LogP contribution in [0.15, 0.2) is 64.8 Å². The first-order valence-electron chi connectivity index (χ1n) is 9.73. The van der Waals surface area contributed by atoms with Crippen molar-refractivity contribution >= 4 is 57.6 Å². The molecule has 1 atom stereocenters. The average molecular weight is 484 g/mol. The Morgan fingerprint density at radius 3 is 2.52 bits per heavy atom. The number of Topliss-reactive ketones (excluding diaryl/α,β-unsaturated/α-hetero) is 1. The molecule has 3 heterocycles. The number of furan rings is 1. The summed E-state index contributed by atoms with van der Waals surface area (Å²) in [6.07, 6.45) is 1.41. The SMILES string of the molecule is COc1c(Cl)cc(/C(O)=C2\C(=O)C(=O)N(c3nc4ccccc4[nH]3)C2c2ccco2)cc1Cl. The molecule has 2 aromatic carbocycles. The van der Waals surface area contributed by atoms with Gasteiger partial charge in [0.1, 0.15) is 17.6 Å². The summed E-state index contributed by atoms with van der Waals surface area (Å²) in [6, 6.07) is 12.1. The van der Waals surface area contributed by atoms with E-state index in [9.17, 15) is 14.7 Å². The van der Waals surface area contributed by atoms with Gasteiger partial charge >= 0.3 is 5.91 Å². The highest BCUT2D eigenvalue weighted by atomic mass is 35.5. The number of nitrogens with zero attached hydrogens (tertiary/aromatic N) is 2. The topological polar surface area (TPSA) is 109 Å². The van der Waals surface area contributed by atoms with Crippen molar-refractivity contribution in [1.82, 2.24) is 9.97 Å². The Balaban J connectivity index is 1.71. The van der Waals surface area contributed by atoms with Crippen molar-refractivity contribution in [3.63, 3.8) is 0 Å². The summed E-state index contributed by atoms with van der Waals surface area (Å²) < 4.78 is 10.7. The van der Waals surface area contributed by atoms with Crippen molar-refractivity contribution in [1.29, 1.82) is 0 Å². The van der Waals surface area contributed by atoms with Gasteiger partial charge in [0.05, 0.1) is 40.0 Å². The smallest absolute Gasteiger partial charge is 0.302 e. The Bertz CT molecular complexity index is 1390. The second-order valence-electron chi connectivity index (χ2n) is 7.24. The van der Waals surface area contributed by atoms with Crippen LogP contribution in [0.4, 0.5) is 5.95 Å². The number of aliphatic hydroxyl groups is 1. The summed E-state index contributed by atoms with van der Waals surface area (Å²) in [5.41, 5.74) is 1.25. The third-order valence-corrected chi connectivity index (χ3v) is 5.90. The van der Waals surface area contributed by atoms with Crippen LogP contribution in [0.1, 0.15) is 17.4 Å². The van der Waals surface area contributed by atoms with Crippen LogP contribution in [0.5, 0.6) is 5.75 Å². The molecule has 1 aliphatic rings. The average Bonchev–Trinajstić information content (AvgIpc) is 3.51. The first-order valence-corrected chi connectivity index (χ1v) is 10.5. The molecular weight excluding hydrogens is 469 g/mol. The van der Waals surface area contributed by atoms with Crippen molar-refractivity contribution in [3.8, 4) is 5.75 Å². The fourth-order valence-electron chi connectivity index (χ4n) is 3.87. The first kappa shape index (κ1) is 21.1. The monoisotopic (exact) mass is 483 g/mol. The number of H-pyrrole nitrogens is 1. The van der Waals surface area contributed by atoms with Gasteiger partial charge in [0.15, 0.2) is 5.75 Å². The van der Waals surface area contributed by atoms with Crippen LogP contribution in [0.2, 0.25) is 10.0 Å². The first-order chi connectivity index (χ1) is 15.9. The summed E-state index contributed by atoms with van der Waals surface area (Å²) in [6.45, 7) is 0. The maximum atomic E-state index is 13.1. The lowest BCUT2D eigenvalue weighted by Gasteiger charge is -2.20. The predicted molar refractivity (Wildman–Crippen MR) is 123 cm³/mol. The second-order valence-corrected chi connectivity index (χ2v) is 8.05. The number of hydrogen-bond acceptors (Lipinski definition) is 6. The van der Waals surface area contributed by atoms with Crippen LogP contribution in [0, 0.1) is 0 Å². The van der Waals surface area contributed by atoms with E-state index in [1.807, 2.05) is 12.1 Å². The van der Waals surface area contributed by atoms with Gasteiger partial charge in [-0.1, -0.05) is 35.3 Å². The molecule has 1 aliphatic heterocycles. The van der Waals surface area contributed by atoms with Crippen molar-refractivity contribution in [3.05, 3.63) is 81.7 Å². The Morgan fingerprint density at radius 1 is 1.15 bits per heavy atom. The normalized spacial score (nSPS) is 17.8. The number of amides is 1. The molecule has 0 aliphatic carbocycles. The number of rotatable bonds is 4.